The van der Waals surface area contributed by atoms with Crippen LogP contribution in [0.3, 0.4) is 0 Å². The molecule has 0 spiro atoms. The lowest BCUT2D eigenvalue weighted by Gasteiger charge is -2.21. The van der Waals surface area contributed by atoms with E-state index in [1.54, 1.807) is 11.9 Å². The minimum atomic E-state index is -0.0715. The van der Waals surface area contributed by atoms with Crippen LogP contribution in [0.5, 0.6) is 0 Å². The molecule has 6 heteroatoms. The Labute approximate surface area is 148 Å². The summed E-state index contributed by atoms with van der Waals surface area (Å²) in [4.78, 5) is 24.6. The highest BCUT2D eigenvalue weighted by molar-refractivity contribution is 5.77. The number of benzene rings is 1. The number of nitrogens with zero attached hydrogens (tertiary/aromatic N) is 4. The third-order valence-corrected chi connectivity index (χ3v) is 4.73. The van der Waals surface area contributed by atoms with Gasteiger partial charge in [-0.2, -0.15) is 0 Å². The summed E-state index contributed by atoms with van der Waals surface area (Å²) in [5.41, 5.74) is 8.49. The van der Waals surface area contributed by atoms with Crippen LogP contribution in [0.25, 0.3) is 11.1 Å². The summed E-state index contributed by atoms with van der Waals surface area (Å²) in [5.74, 6) is 0.732. The largest absolute Gasteiger partial charge is 0.340 e. The molecule has 1 unspecified atom stereocenters. The summed E-state index contributed by atoms with van der Waals surface area (Å²) in [7, 11) is 1.76. The summed E-state index contributed by atoms with van der Waals surface area (Å²) < 4.78 is 0. The number of likely N-dealkylation sites (N-methyl/N-ethyl adjacent to an activating group) is 1. The predicted octanol–water partition coefficient (Wildman–Crippen LogP) is 2.05. The zero-order valence-electron chi connectivity index (χ0n) is 14.9. The van der Waals surface area contributed by atoms with E-state index in [1.807, 2.05) is 30.6 Å². The molecular formula is C19H25N5O. The molecule has 0 aliphatic carbocycles. The van der Waals surface area contributed by atoms with Crippen molar-refractivity contribution in [1.82, 2.24) is 14.9 Å². The number of carbonyl (C=O) groups is 1. The van der Waals surface area contributed by atoms with Gasteiger partial charge in [-0.05, 0) is 37.0 Å². The third-order valence-electron chi connectivity index (χ3n) is 4.73. The number of carbonyl (C=O) groups excluding carboxylic acids is 1. The van der Waals surface area contributed by atoms with Gasteiger partial charge in [0.25, 0.3) is 0 Å². The number of aromatic nitrogens is 2. The Balaban J connectivity index is 1.75. The molecule has 1 aliphatic heterocycles. The van der Waals surface area contributed by atoms with E-state index >= 15 is 0 Å². The van der Waals surface area contributed by atoms with Crippen molar-refractivity contribution in [1.29, 1.82) is 0 Å². The summed E-state index contributed by atoms with van der Waals surface area (Å²) in [6, 6.07) is 8.60. The van der Waals surface area contributed by atoms with Gasteiger partial charge < -0.3 is 15.5 Å². The Morgan fingerprint density at radius 1 is 1.32 bits per heavy atom. The van der Waals surface area contributed by atoms with Gasteiger partial charge in [-0.3, -0.25) is 4.79 Å². The Bertz CT molecular complexity index is 731. The predicted molar refractivity (Wildman–Crippen MR) is 99.0 cm³/mol. The van der Waals surface area contributed by atoms with Crippen molar-refractivity contribution in [3.8, 4) is 11.1 Å². The van der Waals surface area contributed by atoms with Crippen LogP contribution in [0.1, 0.15) is 25.3 Å². The van der Waals surface area contributed by atoms with Gasteiger partial charge in [-0.25, -0.2) is 9.97 Å². The van der Waals surface area contributed by atoms with Crippen molar-refractivity contribution in [3.05, 3.63) is 42.2 Å². The molecule has 1 atom stereocenters. The van der Waals surface area contributed by atoms with Crippen LogP contribution < -0.4 is 10.6 Å². The fourth-order valence-corrected chi connectivity index (χ4v) is 3.22. The second kappa shape index (κ2) is 7.61. The van der Waals surface area contributed by atoms with Crippen LogP contribution in [0.15, 0.2) is 36.7 Å². The number of hydrogen-bond acceptors (Lipinski definition) is 5. The van der Waals surface area contributed by atoms with E-state index in [4.69, 9.17) is 5.73 Å². The molecule has 25 heavy (non-hydrogen) atoms. The lowest BCUT2D eigenvalue weighted by Crippen LogP contribution is -2.32. The second-order valence-corrected chi connectivity index (χ2v) is 6.61. The first-order chi connectivity index (χ1) is 12.1. The molecule has 1 amide bonds. The van der Waals surface area contributed by atoms with Crippen LogP contribution in [0, 0.1) is 0 Å². The Hall–Kier alpha value is -2.47. The van der Waals surface area contributed by atoms with Crippen LogP contribution in [0.2, 0.25) is 0 Å². The molecule has 1 saturated heterocycles. The van der Waals surface area contributed by atoms with Crippen molar-refractivity contribution >= 4 is 11.9 Å². The molecule has 2 N–H and O–H groups in total. The lowest BCUT2D eigenvalue weighted by atomic mass is 10.1. The quantitative estimate of drug-likeness (QED) is 0.902. The van der Waals surface area contributed by atoms with E-state index in [9.17, 15) is 4.79 Å². The second-order valence-electron chi connectivity index (χ2n) is 6.61. The van der Waals surface area contributed by atoms with Crippen LogP contribution in [-0.4, -0.2) is 47.0 Å². The average Bonchev–Trinajstić information content (AvgIpc) is 3.07. The molecule has 1 fully saturated rings. The zero-order chi connectivity index (χ0) is 17.8. The summed E-state index contributed by atoms with van der Waals surface area (Å²) in [5, 5.41) is 0. The van der Waals surface area contributed by atoms with E-state index in [0.717, 1.165) is 29.2 Å². The topological polar surface area (TPSA) is 75.4 Å². The van der Waals surface area contributed by atoms with Crippen molar-refractivity contribution < 1.29 is 4.79 Å². The van der Waals surface area contributed by atoms with Crippen LogP contribution in [0.4, 0.5) is 5.95 Å². The highest BCUT2D eigenvalue weighted by Gasteiger charge is 2.22. The van der Waals surface area contributed by atoms with Crippen molar-refractivity contribution in [2.45, 2.75) is 32.4 Å². The minimum absolute atomic E-state index is 0.0282. The summed E-state index contributed by atoms with van der Waals surface area (Å²) >= 11 is 0. The summed E-state index contributed by atoms with van der Waals surface area (Å²) in [6.07, 6.45) is 6.15. The molecule has 0 bridgehead atoms. The van der Waals surface area contributed by atoms with E-state index in [-0.39, 0.29) is 12.5 Å². The first kappa shape index (κ1) is 17.4. The van der Waals surface area contributed by atoms with Crippen LogP contribution >= 0.6 is 0 Å². The van der Waals surface area contributed by atoms with Gasteiger partial charge in [0, 0.05) is 44.1 Å². The first-order valence-corrected chi connectivity index (χ1v) is 8.70. The molecule has 3 rings (SSSR count). The third kappa shape index (κ3) is 3.96. The normalized spacial score (nSPS) is 16.9. The van der Waals surface area contributed by atoms with Gasteiger partial charge in [0.15, 0.2) is 0 Å². The van der Waals surface area contributed by atoms with Gasteiger partial charge >= 0.3 is 0 Å². The fraction of sp³-hybridized carbons (Fsp3) is 0.421. The molecule has 1 aliphatic rings. The summed E-state index contributed by atoms with van der Waals surface area (Å²) in [6.45, 7) is 3.80. The standard InChI is InChI=1S/C19H25N5O/c1-14-5-4-8-24(14)19-21-11-17(12-22-19)16-7-3-6-15(9-16)13-23(2)18(25)10-20/h3,6-7,9,11-12,14H,4-5,8,10,13,20H2,1-2H3. The van der Waals surface area contributed by atoms with Gasteiger partial charge in [0.2, 0.25) is 11.9 Å². The fourth-order valence-electron chi connectivity index (χ4n) is 3.22. The van der Waals surface area contributed by atoms with Crippen molar-refractivity contribution in [2.75, 3.05) is 25.0 Å². The highest BCUT2D eigenvalue weighted by atomic mass is 16.2. The lowest BCUT2D eigenvalue weighted by molar-refractivity contribution is -0.128. The Kier molecular flexibility index (Phi) is 5.28. The molecule has 132 valence electrons. The maximum absolute atomic E-state index is 11.6. The van der Waals surface area contributed by atoms with Crippen LogP contribution in [-0.2, 0) is 11.3 Å². The molecule has 0 saturated carbocycles. The average molecular weight is 339 g/mol. The van der Waals surface area contributed by atoms with E-state index < -0.39 is 0 Å². The van der Waals surface area contributed by atoms with Gasteiger partial charge in [-0.1, -0.05) is 18.2 Å². The number of rotatable bonds is 5. The van der Waals surface area contributed by atoms with Crippen molar-refractivity contribution in [2.24, 2.45) is 5.73 Å². The molecule has 0 radical (unpaired) electrons. The van der Waals surface area contributed by atoms with Gasteiger partial charge in [0.1, 0.15) is 0 Å². The molecule has 6 nitrogen and oxygen atoms in total. The maximum atomic E-state index is 11.6. The smallest absolute Gasteiger partial charge is 0.236 e. The molecule has 1 aromatic carbocycles. The van der Waals surface area contributed by atoms with Gasteiger partial charge in [0.05, 0.1) is 6.54 Å². The number of hydrogen-bond donors (Lipinski definition) is 1. The molecule has 1 aromatic heterocycles. The minimum Gasteiger partial charge on any atom is -0.340 e. The van der Waals surface area contributed by atoms with Gasteiger partial charge in [-0.15, -0.1) is 0 Å². The zero-order valence-corrected chi connectivity index (χ0v) is 14.9. The van der Waals surface area contributed by atoms with Crippen molar-refractivity contribution in [3.63, 3.8) is 0 Å². The Morgan fingerprint density at radius 2 is 2.08 bits per heavy atom. The number of amides is 1. The SMILES string of the molecule is CC1CCCN1c1ncc(-c2cccc(CN(C)C(=O)CN)c2)cn1. The molecule has 2 heterocycles. The highest BCUT2D eigenvalue weighted by Crippen LogP contribution is 2.24. The monoisotopic (exact) mass is 339 g/mol. The first-order valence-electron chi connectivity index (χ1n) is 8.70. The number of nitrogens with two attached hydrogens (primary N) is 1. The molecule has 2 aromatic rings. The maximum Gasteiger partial charge on any atom is 0.236 e. The van der Waals surface area contributed by atoms with E-state index in [2.05, 4.69) is 27.9 Å². The number of anilines is 1. The Morgan fingerprint density at radius 3 is 2.72 bits per heavy atom. The molecular weight excluding hydrogens is 314 g/mol. The van der Waals surface area contributed by atoms with E-state index in [1.165, 1.54) is 12.8 Å². The van der Waals surface area contributed by atoms with E-state index in [0.29, 0.717) is 12.6 Å².